The largest absolute Gasteiger partial charge is 0.396 e. The fourth-order valence-electron chi connectivity index (χ4n) is 1.29. The van der Waals surface area contributed by atoms with Crippen LogP contribution >= 0.6 is 0 Å². The molecule has 0 saturated heterocycles. The number of aliphatic hydroxyl groups excluding tert-OH is 1. The van der Waals surface area contributed by atoms with E-state index in [0.717, 1.165) is 6.07 Å². The van der Waals surface area contributed by atoms with Crippen LogP contribution in [-0.2, 0) is 6.42 Å². The van der Waals surface area contributed by atoms with E-state index in [1.165, 1.54) is 6.07 Å². The van der Waals surface area contributed by atoms with Gasteiger partial charge in [0.2, 0.25) is 0 Å². The van der Waals surface area contributed by atoms with Gasteiger partial charge in [0.1, 0.15) is 0 Å². The molecule has 0 aliphatic heterocycles. The first kappa shape index (κ1) is 12.1. The third-order valence-electron chi connectivity index (χ3n) is 2.11. The molecule has 0 aromatic heterocycles. The van der Waals surface area contributed by atoms with Gasteiger partial charge < -0.3 is 10.4 Å². The second kappa shape index (κ2) is 6.48. The van der Waals surface area contributed by atoms with E-state index in [0.29, 0.717) is 31.5 Å². The zero-order valence-corrected chi connectivity index (χ0v) is 8.47. The molecule has 0 radical (unpaired) electrons. The van der Waals surface area contributed by atoms with Crippen molar-refractivity contribution >= 4 is 0 Å². The normalized spacial score (nSPS) is 10.6. The van der Waals surface area contributed by atoms with E-state index in [-0.39, 0.29) is 6.61 Å². The molecule has 0 heterocycles. The maximum Gasteiger partial charge on any atom is 0.162 e. The molecular formula is C11H15F2NO. The van der Waals surface area contributed by atoms with Crippen LogP contribution in [0.4, 0.5) is 8.78 Å². The molecule has 15 heavy (non-hydrogen) atoms. The van der Waals surface area contributed by atoms with Gasteiger partial charge in [0.25, 0.3) is 0 Å². The van der Waals surface area contributed by atoms with Gasteiger partial charge in [-0.05, 0) is 37.6 Å². The first-order valence-corrected chi connectivity index (χ1v) is 5.00. The zero-order valence-electron chi connectivity index (χ0n) is 8.47. The van der Waals surface area contributed by atoms with Crippen molar-refractivity contribution in [3.05, 3.63) is 35.4 Å². The van der Waals surface area contributed by atoms with Gasteiger partial charge in [-0.1, -0.05) is 12.1 Å². The highest BCUT2D eigenvalue weighted by Crippen LogP contribution is 2.11. The molecule has 2 nitrogen and oxygen atoms in total. The van der Waals surface area contributed by atoms with Gasteiger partial charge >= 0.3 is 0 Å². The van der Waals surface area contributed by atoms with Crippen LogP contribution in [0.2, 0.25) is 0 Å². The Kier molecular flexibility index (Phi) is 5.21. The van der Waals surface area contributed by atoms with Gasteiger partial charge in [-0.2, -0.15) is 0 Å². The van der Waals surface area contributed by atoms with Crippen LogP contribution in [0, 0.1) is 11.6 Å². The maximum atomic E-state index is 13.1. The summed E-state index contributed by atoms with van der Waals surface area (Å²) in [4.78, 5) is 0. The summed E-state index contributed by atoms with van der Waals surface area (Å²) in [6.07, 6.45) is 1.13. The molecule has 0 atom stereocenters. The topological polar surface area (TPSA) is 32.3 Å². The molecule has 0 bridgehead atoms. The SMILES string of the molecule is OCCCNCCc1cccc(F)c1F. The summed E-state index contributed by atoms with van der Waals surface area (Å²) in [5.41, 5.74) is 0.381. The van der Waals surface area contributed by atoms with Crippen molar-refractivity contribution in [3.63, 3.8) is 0 Å². The number of nitrogens with one attached hydrogen (secondary N) is 1. The van der Waals surface area contributed by atoms with Crippen LogP contribution in [0.25, 0.3) is 0 Å². The lowest BCUT2D eigenvalue weighted by Gasteiger charge is -2.05. The number of aliphatic hydroxyl groups is 1. The van der Waals surface area contributed by atoms with E-state index >= 15 is 0 Å². The van der Waals surface area contributed by atoms with E-state index in [1.807, 2.05) is 0 Å². The lowest BCUT2D eigenvalue weighted by Crippen LogP contribution is -2.19. The number of halogens is 2. The molecular weight excluding hydrogens is 200 g/mol. The molecule has 0 amide bonds. The molecule has 1 aromatic rings. The Labute approximate surface area is 87.9 Å². The van der Waals surface area contributed by atoms with Gasteiger partial charge in [0.15, 0.2) is 11.6 Å². The molecule has 0 saturated carbocycles. The molecule has 1 aromatic carbocycles. The molecule has 84 valence electrons. The molecule has 0 unspecified atom stereocenters. The zero-order chi connectivity index (χ0) is 11.1. The first-order chi connectivity index (χ1) is 7.25. The number of rotatable bonds is 6. The smallest absolute Gasteiger partial charge is 0.162 e. The summed E-state index contributed by atoms with van der Waals surface area (Å²) in [6, 6.07) is 4.19. The van der Waals surface area contributed by atoms with Gasteiger partial charge in [0.05, 0.1) is 0 Å². The van der Waals surface area contributed by atoms with Crippen molar-refractivity contribution in [2.45, 2.75) is 12.8 Å². The third-order valence-corrected chi connectivity index (χ3v) is 2.11. The Morgan fingerprint density at radius 3 is 2.73 bits per heavy atom. The quantitative estimate of drug-likeness (QED) is 0.704. The average molecular weight is 215 g/mol. The summed E-state index contributed by atoms with van der Waals surface area (Å²) in [5.74, 6) is -1.57. The Hall–Kier alpha value is -1.00. The summed E-state index contributed by atoms with van der Waals surface area (Å²) in [7, 11) is 0. The van der Waals surface area contributed by atoms with Gasteiger partial charge in [-0.25, -0.2) is 8.78 Å². The van der Waals surface area contributed by atoms with E-state index in [2.05, 4.69) is 5.32 Å². The summed E-state index contributed by atoms with van der Waals surface area (Å²) < 4.78 is 25.9. The fourth-order valence-corrected chi connectivity index (χ4v) is 1.29. The summed E-state index contributed by atoms with van der Waals surface area (Å²) >= 11 is 0. The van der Waals surface area contributed by atoms with E-state index in [4.69, 9.17) is 5.11 Å². The fraction of sp³-hybridized carbons (Fsp3) is 0.455. The number of hydrogen-bond donors (Lipinski definition) is 2. The predicted octanol–water partition coefficient (Wildman–Crippen LogP) is 1.48. The molecule has 0 spiro atoms. The molecule has 0 aliphatic carbocycles. The minimum atomic E-state index is -0.803. The van der Waals surface area contributed by atoms with E-state index in [9.17, 15) is 8.78 Å². The molecule has 0 aliphatic rings. The lowest BCUT2D eigenvalue weighted by molar-refractivity contribution is 0.286. The average Bonchev–Trinajstić information content (AvgIpc) is 2.24. The second-order valence-electron chi connectivity index (χ2n) is 3.29. The van der Waals surface area contributed by atoms with Crippen LogP contribution in [0.5, 0.6) is 0 Å². The minimum absolute atomic E-state index is 0.140. The van der Waals surface area contributed by atoms with Gasteiger partial charge in [-0.15, -0.1) is 0 Å². The summed E-state index contributed by atoms with van der Waals surface area (Å²) in [6.45, 7) is 1.41. The lowest BCUT2D eigenvalue weighted by atomic mass is 10.1. The van der Waals surface area contributed by atoms with Crippen molar-refractivity contribution in [1.29, 1.82) is 0 Å². The Bertz CT molecular complexity index is 305. The molecule has 2 N–H and O–H groups in total. The Morgan fingerprint density at radius 1 is 1.20 bits per heavy atom. The first-order valence-electron chi connectivity index (χ1n) is 5.00. The maximum absolute atomic E-state index is 13.1. The minimum Gasteiger partial charge on any atom is -0.396 e. The highest BCUT2D eigenvalue weighted by atomic mass is 19.2. The van der Waals surface area contributed by atoms with Crippen molar-refractivity contribution in [1.82, 2.24) is 5.32 Å². The summed E-state index contributed by atoms with van der Waals surface area (Å²) in [5, 5.41) is 11.5. The molecule has 1 rings (SSSR count). The van der Waals surface area contributed by atoms with Crippen molar-refractivity contribution in [3.8, 4) is 0 Å². The highest BCUT2D eigenvalue weighted by Gasteiger charge is 2.06. The third kappa shape index (κ3) is 3.93. The van der Waals surface area contributed by atoms with Crippen LogP contribution in [0.3, 0.4) is 0 Å². The Balaban J connectivity index is 2.34. The van der Waals surface area contributed by atoms with Crippen LogP contribution < -0.4 is 5.32 Å². The number of hydrogen-bond acceptors (Lipinski definition) is 2. The molecule has 4 heteroatoms. The standard InChI is InChI=1S/C11H15F2NO/c12-10-4-1-3-9(11(10)13)5-7-14-6-2-8-15/h1,3-4,14-15H,2,5-8H2. The van der Waals surface area contributed by atoms with Crippen molar-refractivity contribution < 1.29 is 13.9 Å². The van der Waals surface area contributed by atoms with Gasteiger partial charge in [0, 0.05) is 6.61 Å². The van der Waals surface area contributed by atoms with Crippen LogP contribution in [-0.4, -0.2) is 24.8 Å². The van der Waals surface area contributed by atoms with Crippen LogP contribution in [0.1, 0.15) is 12.0 Å². The number of benzene rings is 1. The van der Waals surface area contributed by atoms with Crippen molar-refractivity contribution in [2.24, 2.45) is 0 Å². The van der Waals surface area contributed by atoms with E-state index < -0.39 is 11.6 Å². The molecule has 0 fully saturated rings. The van der Waals surface area contributed by atoms with E-state index in [1.54, 1.807) is 6.07 Å². The monoisotopic (exact) mass is 215 g/mol. The van der Waals surface area contributed by atoms with Crippen molar-refractivity contribution in [2.75, 3.05) is 19.7 Å². The van der Waals surface area contributed by atoms with Crippen LogP contribution in [0.15, 0.2) is 18.2 Å². The Morgan fingerprint density at radius 2 is 2.00 bits per heavy atom. The predicted molar refractivity (Wildman–Crippen MR) is 54.6 cm³/mol. The van der Waals surface area contributed by atoms with Gasteiger partial charge in [-0.3, -0.25) is 0 Å². The highest BCUT2D eigenvalue weighted by molar-refractivity contribution is 5.19. The second-order valence-corrected chi connectivity index (χ2v) is 3.29.